The summed E-state index contributed by atoms with van der Waals surface area (Å²) in [6, 6.07) is 20.3. The van der Waals surface area contributed by atoms with E-state index in [2.05, 4.69) is 10.3 Å². The highest BCUT2D eigenvalue weighted by atomic mass is 31.2. The maximum absolute atomic E-state index is 13.8. The second-order valence-corrected chi connectivity index (χ2v) is 8.48. The van der Waals surface area contributed by atoms with Crippen molar-refractivity contribution in [3.05, 3.63) is 103 Å². The van der Waals surface area contributed by atoms with Crippen molar-refractivity contribution >= 4 is 29.8 Å². The van der Waals surface area contributed by atoms with E-state index < -0.39 is 19.1 Å². The fraction of sp³-hybridized carbons (Fsp3) is 0. The highest BCUT2D eigenvalue weighted by Gasteiger charge is 2.20. The predicted octanol–water partition coefficient (Wildman–Crippen LogP) is 2.85. The molecular weight excluding hydrogens is 404 g/mol. The smallest absolute Gasteiger partial charge is 0.258 e. The number of hydrogen-bond donors (Lipinski definition) is 1. The standard InChI is InChI=1S/C22H17FN3O3P/c23-20-9-5-4-8-19(20)21(27)25-16-10-12-17(13-11-16)26-15-14-24-22(26)30(28,29)18-6-2-1-3-7-18/h1-15H,(H,25,27)(H,28,29)/p-1. The van der Waals surface area contributed by atoms with Crippen molar-refractivity contribution in [1.29, 1.82) is 0 Å². The van der Waals surface area contributed by atoms with Crippen molar-refractivity contribution in [1.82, 2.24) is 9.55 Å². The third-order valence-corrected chi connectivity index (χ3v) is 6.34. The zero-order chi connectivity index (χ0) is 21.1. The lowest BCUT2D eigenvalue weighted by Crippen LogP contribution is -2.31. The van der Waals surface area contributed by atoms with E-state index in [1.54, 1.807) is 54.7 Å². The van der Waals surface area contributed by atoms with Gasteiger partial charge in [0.2, 0.25) is 0 Å². The van der Waals surface area contributed by atoms with E-state index in [1.807, 2.05) is 0 Å². The van der Waals surface area contributed by atoms with Crippen LogP contribution in [0.15, 0.2) is 91.3 Å². The van der Waals surface area contributed by atoms with E-state index >= 15 is 0 Å². The number of rotatable bonds is 5. The van der Waals surface area contributed by atoms with Crippen LogP contribution in [0, 0.1) is 5.82 Å². The summed E-state index contributed by atoms with van der Waals surface area (Å²) in [7, 11) is -4.14. The molecule has 0 saturated heterocycles. The molecule has 0 spiro atoms. The summed E-state index contributed by atoms with van der Waals surface area (Å²) < 4.78 is 28.2. The summed E-state index contributed by atoms with van der Waals surface area (Å²) in [5.74, 6) is -1.18. The van der Waals surface area contributed by atoms with Gasteiger partial charge >= 0.3 is 0 Å². The van der Waals surface area contributed by atoms with Crippen molar-refractivity contribution in [2.45, 2.75) is 0 Å². The van der Waals surface area contributed by atoms with Gasteiger partial charge in [-0.25, -0.2) is 9.37 Å². The molecule has 1 unspecified atom stereocenters. The topological polar surface area (TPSA) is 87.0 Å². The minimum absolute atomic E-state index is 0.0615. The van der Waals surface area contributed by atoms with E-state index in [9.17, 15) is 18.6 Å². The van der Waals surface area contributed by atoms with E-state index in [0.29, 0.717) is 11.4 Å². The summed E-state index contributed by atoms with van der Waals surface area (Å²) in [5, 5.41) is 2.79. The molecule has 8 heteroatoms. The Morgan fingerprint density at radius 3 is 2.33 bits per heavy atom. The Kier molecular flexibility index (Phi) is 5.31. The largest absolute Gasteiger partial charge is 0.790 e. The number of benzene rings is 3. The minimum atomic E-state index is -4.14. The molecule has 0 bridgehead atoms. The second-order valence-electron chi connectivity index (χ2n) is 6.47. The van der Waals surface area contributed by atoms with Crippen LogP contribution in [0.3, 0.4) is 0 Å². The number of imidazole rings is 1. The molecule has 0 fully saturated rings. The minimum Gasteiger partial charge on any atom is -0.790 e. The van der Waals surface area contributed by atoms with Gasteiger partial charge in [0.25, 0.3) is 5.91 Å². The van der Waals surface area contributed by atoms with Crippen LogP contribution >= 0.6 is 7.37 Å². The zero-order valence-electron chi connectivity index (χ0n) is 15.6. The molecule has 0 saturated carbocycles. The normalized spacial score (nSPS) is 12.9. The first-order chi connectivity index (χ1) is 14.5. The molecule has 30 heavy (non-hydrogen) atoms. The molecule has 1 amide bonds. The Balaban J connectivity index is 1.59. The Labute approximate surface area is 172 Å². The molecule has 1 aromatic heterocycles. The number of carbonyl (C=O) groups is 1. The lowest BCUT2D eigenvalue weighted by atomic mass is 10.2. The van der Waals surface area contributed by atoms with Crippen molar-refractivity contribution in [2.75, 3.05) is 5.32 Å². The predicted molar refractivity (Wildman–Crippen MR) is 111 cm³/mol. The number of aromatic nitrogens is 2. The van der Waals surface area contributed by atoms with Gasteiger partial charge in [-0.1, -0.05) is 42.5 Å². The molecule has 0 aliphatic carbocycles. The highest BCUT2D eigenvalue weighted by Crippen LogP contribution is 2.33. The number of carbonyl (C=O) groups excluding carboxylic acids is 1. The van der Waals surface area contributed by atoms with Gasteiger partial charge in [-0.15, -0.1) is 0 Å². The van der Waals surface area contributed by atoms with Crippen LogP contribution in [-0.4, -0.2) is 15.5 Å². The first-order valence-corrected chi connectivity index (χ1v) is 10.7. The van der Waals surface area contributed by atoms with Crippen LogP contribution in [0.1, 0.15) is 10.4 Å². The molecule has 6 nitrogen and oxygen atoms in total. The number of nitrogens with one attached hydrogen (secondary N) is 1. The molecule has 1 N–H and O–H groups in total. The van der Waals surface area contributed by atoms with Crippen LogP contribution in [0.5, 0.6) is 0 Å². The molecule has 150 valence electrons. The number of anilines is 1. The number of amides is 1. The Morgan fingerprint density at radius 1 is 0.967 bits per heavy atom. The zero-order valence-corrected chi connectivity index (χ0v) is 16.5. The van der Waals surface area contributed by atoms with Gasteiger partial charge in [-0.3, -0.25) is 9.36 Å². The summed E-state index contributed by atoms with van der Waals surface area (Å²) in [4.78, 5) is 29.2. The van der Waals surface area contributed by atoms with Crippen LogP contribution in [0.25, 0.3) is 5.69 Å². The van der Waals surface area contributed by atoms with Gasteiger partial charge in [0, 0.05) is 29.1 Å². The third kappa shape index (κ3) is 3.81. The van der Waals surface area contributed by atoms with Gasteiger partial charge in [0.05, 0.1) is 5.56 Å². The van der Waals surface area contributed by atoms with Crippen molar-refractivity contribution in [2.24, 2.45) is 0 Å². The van der Waals surface area contributed by atoms with Crippen LogP contribution in [0.4, 0.5) is 10.1 Å². The number of nitrogens with zero attached hydrogens (tertiary/aromatic N) is 2. The van der Waals surface area contributed by atoms with Gasteiger partial charge in [0.15, 0.2) is 5.57 Å². The lowest BCUT2D eigenvalue weighted by Gasteiger charge is -2.24. The lowest BCUT2D eigenvalue weighted by molar-refractivity contribution is -0.167. The first-order valence-electron chi connectivity index (χ1n) is 9.04. The molecule has 4 rings (SSSR count). The Bertz CT molecular complexity index is 1240. The van der Waals surface area contributed by atoms with E-state index in [-0.39, 0.29) is 16.4 Å². The molecule has 1 heterocycles. The molecular formula is C22H16FN3O3P-. The SMILES string of the molecule is O=C(Nc1ccc(-n2ccnc2P(=O)([O-])c2ccccc2)cc1)c1ccccc1F. The van der Waals surface area contributed by atoms with E-state index in [4.69, 9.17) is 0 Å². The average molecular weight is 420 g/mol. The van der Waals surface area contributed by atoms with Crippen LogP contribution in [0.2, 0.25) is 0 Å². The number of halogens is 1. The van der Waals surface area contributed by atoms with Crippen molar-refractivity contribution < 1.29 is 18.6 Å². The highest BCUT2D eigenvalue weighted by molar-refractivity contribution is 7.71. The Morgan fingerprint density at radius 2 is 1.63 bits per heavy atom. The first kappa shape index (κ1) is 19.8. The quantitative estimate of drug-likeness (QED) is 0.503. The molecule has 0 radical (unpaired) electrons. The summed E-state index contributed by atoms with van der Waals surface area (Å²) in [5.41, 5.74) is 0.853. The Hall–Kier alpha value is -3.54. The van der Waals surface area contributed by atoms with Gasteiger partial charge < -0.3 is 14.8 Å². The van der Waals surface area contributed by atoms with E-state index in [0.717, 1.165) is 0 Å². The summed E-state index contributed by atoms with van der Waals surface area (Å²) >= 11 is 0. The van der Waals surface area contributed by atoms with Gasteiger partial charge in [-0.2, -0.15) is 0 Å². The van der Waals surface area contributed by atoms with Crippen molar-refractivity contribution in [3.8, 4) is 5.69 Å². The molecule has 0 aliphatic rings. The molecule has 0 aliphatic heterocycles. The van der Waals surface area contributed by atoms with Gasteiger partial charge in [0.1, 0.15) is 13.2 Å². The van der Waals surface area contributed by atoms with Crippen LogP contribution in [-0.2, 0) is 4.57 Å². The van der Waals surface area contributed by atoms with Gasteiger partial charge in [-0.05, 0) is 36.4 Å². The maximum Gasteiger partial charge on any atom is 0.258 e. The second kappa shape index (κ2) is 8.06. The summed E-state index contributed by atoms with van der Waals surface area (Å²) in [6.45, 7) is 0. The monoisotopic (exact) mass is 420 g/mol. The third-order valence-electron chi connectivity index (χ3n) is 4.50. The number of hydrogen-bond acceptors (Lipinski definition) is 4. The average Bonchev–Trinajstić information content (AvgIpc) is 3.26. The maximum atomic E-state index is 13.8. The van der Waals surface area contributed by atoms with Crippen LogP contribution < -0.4 is 21.1 Å². The molecule has 3 aromatic carbocycles. The molecule has 1 atom stereocenters. The summed E-state index contributed by atoms with van der Waals surface area (Å²) in [6.07, 6.45) is 2.96. The molecule has 4 aromatic rings. The van der Waals surface area contributed by atoms with E-state index in [1.165, 1.54) is 41.1 Å². The fourth-order valence-corrected chi connectivity index (χ4v) is 4.48. The fourth-order valence-electron chi connectivity index (χ4n) is 3.00. The van der Waals surface area contributed by atoms with Crippen molar-refractivity contribution in [3.63, 3.8) is 0 Å².